The second-order valence-corrected chi connectivity index (χ2v) is 11.3. The Morgan fingerprint density at radius 1 is 1.08 bits per heavy atom. The summed E-state index contributed by atoms with van der Waals surface area (Å²) in [5.41, 5.74) is 2.24. The number of amides is 1. The van der Waals surface area contributed by atoms with Gasteiger partial charge >= 0.3 is 12.6 Å². The van der Waals surface area contributed by atoms with Gasteiger partial charge in [-0.2, -0.15) is 8.78 Å². The first-order valence-electron chi connectivity index (χ1n) is 12.4. The zero-order chi connectivity index (χ0) is 26.4. The van der Waals surface area contributed by atoms with Crippen molar-refractivity contribution in [1.29, 1.82) is 0 Å². The Balaban J connectivity index is 1.35. The molecule has 1 aliphatic heterocycles. The van der Waals surface area contributed by atoms with Gasteiger partial charge in [0.25, 0.3) is 5.91 Å². The molecule has 2 heterocycles. The van der Waals surface area contributed by atoms with Crippen LogP contribution in [0, 0.1) is 10.8 Å². The van der Waals surface area contributed by atoms with Gasteiger partial charge in [0, 0.05) is 23.5 Å². The van der Waals surface area contributed by atoms with Gasteiger partial charge in [-0.1, -0.05) is 39.0 Å². The van der Waals surface area contributed by atoms with Gasteiger partial charge in [0.2, 0.25) is 0 Å². The van der Waals surface area contributed by atoms with Crippen molar-refractivity contribution in [3.8, 4) is 17.0 Å². The molecule has 0 N–H and O–H groups in total. The minimum Gasteiger partial charge on any atom is -0.452 e. The van der Waals surface area contributed by atoms with E-state index in [0.29, 0.717) is 28.7 Å². The first-order chi connectivity index (χ1) is 17.5. The average Bonchev–Trinajstić information content (AvgIpc) is 3.10. The number of fused-ring (bicyclic) bond motifs is 3. The lowest BCUT2D eigenvalue weighted by molar-refractivity contribution is -0.135. The molecule has 6 nitrogen and oxygen atoms in total. The van der Waals surface area contributed by atoms with E-state index in [-0.39, 0.29) is 40.7 Å². The SMILES string of the molecule is CC1(C)CC2CC(C)(CN2C(=O)COC(=O)c2cc(-c3ccc(OC(F)F)cc3)nc3ccccc23)C1. The van der Waals surface area contributed by atoms with Crippen molar-refractivity contribution in [2.75, 3.05) is 13.2 Å². The lowest BCUT2D eigenvalue weighted by Crippen LogP contribution is -2.39. The molecule has 1 amide bonds. The topological polar surface area (TPSA) is 68.7 Å². The summed E-state index contributed by atoms with van der Waals surface area (Å²) in [6, 6.07) is 15.0. The summed E-state index contributed by atoms with van der Waals surface area (Å²) in [5, 5.41) is 0.604. The van der Waals surface area contributed by atoms with Crippen LogP contribution in [0.3, 0.4) is 0 Å². The van der Waals surface area contributed by atoms with E-state index in [0.717, 1.165) is 19.3 Å². The Bertz CT molecular complexity index is 1340. The minimum absolute atomic E-state index is 0.0290. The molecule has 2 atom stereocenters. The summed E-state index contributed by atoms with van der Waals surface area (Å²) in [4.78, 5) is 32.8. The van der Waals surface area contributed by atoms with Crippen molar-refractivity contribution < 1.29 is 27.8 Å². The molecule has 1 aromatic heterocycles. The molecule has 1 aliphatic carbocycles. The molecule has 2 unspecified atom stereocenters. The van der Waals surface area contributed by atoms with Gasteiger partial charge in [-0.05, 0) is 66.5 Å². The van der Waals surface area contributed by atoms with E-state index in [1.54, 1.807) is 36.4 Å². The van der Waals surface area contributed by atoms with E-state index in [1.807, 2.05) is 11.0 Å². The number of ether oxygens (including phenoxy) is 2. The van der Waals surface area contributed by atoms with Crippen molar-refractivity contribution >= 4 is 22.8 Å². The molecule has 2 bridgehead atoms. The number of benzene rings is 2. The first kappa shape index (κ1) is 25.1. The number of rotatable bonds is 6. The van der Waals surface area contributed by atoms with Crippen molar-refractivity contribution in [3.05, 3.63) is 60.2 Å². The van der Waals surface area contributed by atoms with E-state index in [9.17, 15) is 18.4 Å². The van der Waals surface area contributed by atoms with E-state index in [2.05, 4.69) is 30.5 Å². The van der Waals surface area contributed by atoms with Crippen molar-refractivity contribution in [3.63, 3.8) is 0 Å². The number of hydrogen-bond acceptors (Lipinski definition) is 5. The number of para-hydroxylation sites is 1. The van der Waals surface area contributed by atoms with Crippen LogP contribution in [0.4, 0.5) is 8.78 Å². The Hall–Kier alpha value is -3.55. The van der Waals surface area contributed by atoms with E-state index in [4.69, 9.17) is 4.74 Å². The Kier molecular flexibility index (Phi) is 6.38. The molecule has 0 radical (unpaired) electrons. The molecule has 5 rings (SSSR count). The third kappa shape index (κ3) is 5.29. The van der Waals surface area contributed by atoms with Crippen molar-refractivity contribution in [1.82, 2.24) is 9.88 Å². The van der Waals surface area contributed by atoms with Crippen LogP contribution in [0.2, 0.25) is 0 Å². The number of halogens is 2. The summed E-state index contributed by atoms with van der Waals surface area (Å²) >= 11 is 0. The lowest BCUT2D eigenvalue weighted by Gasteiger charge is -2.39. The number of carbonyl (C=O) groups excluding carboxylic acids is 2. The van der Waals surface area contributed by atoms with Crippen LogP contribution in [-0.2, 0) is 9.53 Å². The monoisotopic (exact) mass is 508 g/mol. The second kappa shape index (κ2) is 9.39. The zero-order valence-corrected chi connectivity index (χ0v) is 21.2. The summed E-state index contributed by atoms with van der Waals surface area (Å²) in [6.07, 6.45) is 3.00. The van der Waals surface area contributed by atoms with E-state index >= 15 is 0 Å². The Morgan fingerprint density at radius 3 is 2.54 bits per heavy atom. The van der Waals surface area contributed by atoms with Gasteiger partial charge in [-0.15, -0.1) is 0 Å². The number of aromatic nitrogens is 1. The predicted molar refractivity (Wildman–Crippen MR) is 135 cm³/mol. The number of carbonyl (C=O) groups is 2. The molecule has 1 saturated carbocycles. The maximum Gasteiger partial charge on any atom is 0.387 e. The summed E-state index contributed by atoms with van der Waals surface area (Å²) in [7, 11) is 0. The van der Waals surface area contributed by atoms with Gasteiger partial charge in [-0.3, -0.25) is 4.79 Å². The average molecular weight is 509 g/mol. The maximum absolute atomic E-state index is 13.2. The molecule has 2 fully saturated rings. The minimum atomic E-state index is -2.91. The quantitative estimate of drug-likeness (QED) is 0.377. The summed E-state index contributed by atoms with van der Waals surface area (Å²) in [6.45, 7) is 4.18. The van der Waals surface area contributed by atoms with E-state index in [1.165, 1.54) is 12.1 Å². The second-order valence-electron chi connectivity index (χ2n) is 11.3. The van der Waals surface area contributed by atoms with Gasteiger partial charge in [0.1, 0.15) is 5.75 Å². The van der Waals surface area contributed by atoms with Crippen molar-refractivity contribution in [2.45, 2.75) is 52.7 Å². The fourth-order valence-electron chi connectivity index (χ4n) is 6.34. The number of esters is 1. The molecule has 3 aromatic rings. The Labute approximate surface area is 214 Å². The summed E-state index contributed by atoms with van der Waals surface area (Å²) in [5.74, 6) is -0.756. The normalized spacial score (nSPS) is 22.3. The highest BCUT2D eigenvalue weighted by atomic mass is 19.3. The number of alkyl halides is 2. The number of nitrogens with zero attached hydrogens (tertiary/aromatic N) is 2. The predicted octanol–water partition coefficient (Wildman–Crippen LogP) is 6.09. The van der Waals surface area contributed by atoms with Crippen LogP contribution in [0.5, 0.6) is 5.75 Å². The van der Waals surface area contributed by atoms with Gasteiger partial charge in [0.05, 0.1) is 16.8 Å². The van der Waals surface area contributed by atoms with Crippen LogP contribution in [-0.4, -0.2) is 47.6 Å². The smallest absolute Gasteiger partial charge is 0.387 e. The van der Waals surface area contributed by atoms with Gasteiger partial charge < -0.3 is 14.4 Å². The van der Waals surface area contributed by atoms with Crippen LogP contribution in [0.15, 0.2) is 54.6 Å². The highest BCUT2D eigenvalue weighted by molar-refractivity contribution is 6.05. The molecule has 194 valence electrons. The molecule has 8 heteroatoms. The van der Waals surface area contributed by atoms with Crippen molar-refractivity contribution in [2.24, 2.45) is 10.8 Å². The highest BCUT2D eigenvalue weighted by Crippen LogP contribution is 2.52. The molecular formula is C29H30F2N2O4. The number of pyridine rings is 1. The largest absolute Gasteiger partial charge is 0.452 e. The molecule has 37 heavy (non-hydrogen) atoms. The summed E-state index contributed by atoms with van der Waals surface area (Å²) < 4.78 is 34.9. The van der Waals surface area contributed by atoms with Crippen LogP contribution < -0.4 is 4.74 Å². The third-order valence-corrected chi connectivity index (χ3v) is 7.37. The van der Waals surface area contributed by atoms with Crippen LogP contribution >= 0.6 is 0 Å². The van der Waals surface area contributed by atoms with Crippen LogP contribution in [0.25, 0.3) is 22.2 Å². The third-order valence-electron chi connectivity index (χ3n) is 7.37. The van der Waals surface area contributed by atoms with Gasteiger partial charge in [-0.25, -0.2) is 9.78 Å². The zero-order valence-electron chi connectivity index (χ0n) is 21.2. The molecule has 2 aliphatic rings. The lowest BCUT2D eigenvalue weighted by atomic mass is 9.65. The first-order valence-corrected chi connectivity index (χ1v) is 12.4. The standard InChI is InChI=1S/C29H30F2N2O4/c1-28(2)13-19-14-29(3,16-28)17-33(19)25(34)15-36-26(35)22-12-24(32-23-7-5-4-6-21(22)23)18-8-10-20(11-9-18)37-27(30)31/h4-12,19,27H,13-17H2,1-3H3. The molecule has 0 spiro atoms. The van der Waals surface area contributed by atoms with Crippen LogP contribution in [0.1, 0.15) is 50.4 Å². The Morgan fingerprint density at radius 2 is 1.81 bits per heavy atom. The number of hydrogen-bond donors (Lipinski definition) is 0. The fraction of sp³-hybridized carbons (Fsp3) is 0.414. The van der Waals surface area contributed by atoms with Gasteiger partial charge in [0.15, 0.2) is 6.61 Å². The number of likely N-dealkylation sites (tertiary alicyclic amines) is 1. The van der Waals surface area contributed by atoms with E-state index < -0.39 is 12.6 Å². The highest BCUT2D eigenvalue weighted by Gasteiger charge is 2.50. The fourth-order valence-corrected chi connectivity index (χ4v) is 6.34. The molecule has 2 aromatic carbocycles. The molecule has 1 saturated heterocycles. The maximum atomic E-state index is 13.2. The molecular weight excluding hydrogens is 478 g/mol.